The molecular formula is C14H29Cl2N3O2. The summed E-state index contributed by atoms with van der Waals surface area (Å²) in [6.45, 7) is 7.63. The van der Waals surface area contributed by atoms with Crippen molar-refractivity contribution in [2.24, 2.45) is 0 Å². The topological polar surface area (TPSA) is 53.6 Å². The lowest BCUT2D eigenvalue weighted by Crippen LogP contribution is -2.54. The number of likely N-dealkylation sites (tertiary alicyclic amines) is 1. The molecule has 0 aliphatic carbocycles. The smallest absolute Gasteiger partial charge is 0.239 e. The highest BCUT2D eigenvalue weighted by molar-refractivity contribution is 5.85. The zero-order valence-electron chi connectivity index (χ0n) is 12.8. The van der Waals surface area contributed by atoms with E-state index in [2.05, 4.69) is 22.5 Å². The van der Waals surface area contributed by atoms with Gasteiger partial charge in [-0.25, -0.2) is 0 Å². The Labute approximate surface area is 140 Å². The fourth-order valence-electron chi connectivity index (χ4n) is 2.72. The molecule has 2 saturated heterocycles. The Hall–Kier alpha value is -0.0700. The van der Waals surface area contributed by atoms with E-state index in [0.717, 1.165) is 32.5 Å². The van der Waals surface area contributed by atoms with Gasteiger partial charge in [0.25, 0.3) is 0 Å². The summed E-state index contributed by atoms with van der Waals surface area (Å²) in [5, 5.41) is 6.35. The molecule has 1 unspecified atom stereocenters. The molecule has 2 aliphatic rings. The number of amides is 1. The molecule has 2 rings (SSSR count). The van der Waals surface area contributed by atoms with E-state index in [4.69, 9.17) is 4.74 Å². The summed E-state index contributed by atoms with van der Waals surface area (Å²) < 4.78 is 5.32. The maximum absolute atomic E-state index is 12.1. The second-order valence-electron chi connectivity index (χ2n) is 5.56. The van der Waals surface area contributed by atoms with E-state index in [-0.39, 0.29) is 36.8 Å². The van der Waals surface area contributed by atoms with Gasteiger partial charge in [0.05, 0.1) is 13.2 Å². The summed E-state index contributed by atoms with van der Waals surface area (Å²) in [5.41, 5.74) is 0. The van der Waals surface area contributed by atoms with E-state index in [1.807, 2.05) is 0 Å². The monoisotopic (exact) mass is 341 g/mol. The van der Waals surface area contributed by atoms with Crippen LogP contribution in [0.2, 0.25) is 0 Å². The first-order valence-electron chi connectivity index (χ1n) is 7.63. The normalized spacial score (nSPS) is 23.8. The van der Waals surface area contributed by atoms with Gasteiger partial charge in [0, 0.05) is 25.7 Å². The molecule has 2 aliphatic heterocycles. The highest BCUT2D eigenvalue weighted by atomic mass is 35.5. The molecule has 7 heteroatoms. The summed E-state index contributed by atoms with van der Waals surface area (Å²) in [6, 6.07) is 0.181. The first-order chi connectivity index (χ1) is 9.29. The van der Waals surface area contributed by atoms with E-state index >= 15 is 0 Å². The summed E-state index contributed by atoms with van der Waals surface area (Å²) >= 11 is 0. The number of morpholine rings is 1. The van der Waals surface area contributed by atoms with Crippen molar-refractivity contribution in [3.05, 3.63) is 0 Å². The van der Waals surface area contributed by atoms with E-state index in [1.54, 1.807) is 0 Å². The Bertz CT molecular complexity index is 281. The molecule has 0 aromatic heterocycles. The minimum atomic E-state index is -0.160. The number of nitrogens with one attached hydrogen (secondary N) is 2. The third-order valence-electron chi connectivity index (χ3n) is 4.00. The number of hydrogen-bond donors (Lipinski definition) is 2. The van der Waals surface area contributed by atoms with Gasteiger partial charge in [-0.1, -0.05) is 13.3 Å². The van der Waals surface area contributed by atoms with Gasteiger partial charge in [0.15, 0.2) is 0 Å². The predicted octanol–water partition coefficient (Wildman–Crippen LogP) is 1.20. The Morgan fingerprint density at radius 2 is 2.05 bits per heavy atom. The van der Waals surface area contributed by atoms with Crippen LogP contribution in [0.4, 0.5) is 0 Å². The standard InChI is InChI=1S/C14H27N3O2.2ClH/c1-2-3-7-17-8-4-12(5-9-17)16-14(18)13-11-19-10-6-15-13;;/h12-13,15H,2-11H2,1H3,(H,16,18);2*1H. The lowest BCUT2D eigenvalue weighted by Gasteiger charge is -2.33. The molecule has 2 heterocycles. The largest absolute Gasteiger partial charge is 0.378 e. The molecule has 1 amide bonds. The molecule has 126 valence electrons. The number of hydrogen-bond acceptors (Lipinski definition) is 4. The molecule has 0 bridgehead atoms. The molecule has 1 atom stereocenters. The Balaban J connectivity index is 0.00000200. The van der Waals surface area contributed by atoms with E-state index in [9.17, 15) is 4.79 Å². The Kier molecular flexibility index (Phi) is 11.5. The van der Waals surface area contributed by atoms with Gasteiger partial charge in [0.2, 0.25) is 5.91 Å². The summed E-state index contributed by atoms with van der Waals surface area (Å²) in [7, 11) is 0. The molecule has 21 heavy (non-hydrogen) atoms. The fraction of sp³-hybridized carbons (Fsp3) is 0.929. The number of unbranched alkanes of at least 4 members (excludes halogenated alkanes) is 1. The number of ether oxygens (including phenoxy) is 1. The first-order valence-corrected chi connectivity index (χ1v) is 7.63. The molecule has 0 aromatic rings. The highest BCUT2D eigenvalue weighted by Gasteiger charge is 2.25. The number of nitrogens with zero attached hydrogens (tertiary/aromatic N) is 1. The molecule has 2 fully saturated rings. The van der Waals surface area contributed by atoms with Crippen LogP contribution in [0.25, 0.3) is 0 Å². The quantitative estimate of drug-likeness (QED) is 0.788. The van der Waals surface area contributed by atoms with Crippen molar-refractivity contribution in [3.8, 4) is 0 Å². The van der Waals surface area contributed by atoms with Crippen molar-refractivity contribution in [2.45, 2.75) is 44.7 Å². The van der Waals surface area contributed by atoms with Crippen LogP contribution in [0.15, 0.2) is 0 Å². The minimum Gasteiger partial charge on any atom is -0.378 e. The minimum absolute atomic E-state index is 0. The van der Waals surface area contributed by atoms with Crippen molar-refractivity contribution in [2.75, 3.05) is 39.4 Å². The van der Waals surface area contributed by atoms with Crippen molar-refractivity contribution >= 4 is 30.7 Å². The Morgan fingerprint density at radius 1 is 1.33 bits per heavy atom. The number of carbonyl (C=O) groups is 1. The molecule has 0 radical (unpaired) electrons. The van der Waals surface area contributed by atoms with Gasteiger partial charge in [-0.05, 0) is 25.8 Å². The lowest BCUT2D eigenvalue weighted by molar-refractivity contribution is -0.126. The van der Waals surface area contributed by atoms with Crippen molar-refractivity contribution < 1.29 is 9.53 Å². The van der Waals surface area contributed by atoms with Gasteiger partial charge in [-0.3, -0.25) is 4.79 Å². The van der Waals surface area contributed by atoms with Crippen LogP contribution in [-0.4, -0.2) is 62.3 Å². The molecule has 0 saturated carbocycles. The molecular weight excluding hydrogens is 313 g/mol. The Morgan fingerprint density at radius 3 is 2.62 bits per heavy atom. The van der Waals surface area contributed by atoms with Crippen molar-refractivity contribution in [1.29, 1.82) is 0 Å². The first kappa shape index (κ1) is 20.9. The molecule has 2 N–H and O–H groups in total. The third-order valence-corrected chi connectivity index (χ3v) is 4.00. The van der Waals surface area contributed by atoms with Crippen LogP contribution in [0.5, 0.6) is 0 Å². The maximum Gasteiger partial charge on any atom is 0.239 e. The van der Waals surface area contributed by atoms with E-state index in [0.29, 0.717) is 19.3 Å². The molecule has 0 spiro atoms. The number of rotatable bonds is 5. The lowest BCUT2D eigenvalue weighted by atomic mass is 10.0. The predicted molar refractivity (Wildman–Crippen MR) is 89.6 cm³/mol. The van der Waals surface area contributed by atoms with Crippen LogP contribution in [-0.2, 0) is 9.53 Å². The second kappa shape index (κ2) is 11.5. The third kappa shape index (κ3) is 7.15. The fourth-order valence-corrected chi connectivity index (χ4v) is 2.72. The van der Waals surface area contributed by atoms with E-state index < -0.39 is 0 Å². The van der Waals surface area contributed by atoms with Crippen LogP contribution < -0.4 is 10.6 Å². The van der Waals surface area contributed by atoms with Gasteiger partial charge in [-0.15, -0.1) is 24.8 Å². The number of carbonyl (C=O) groups excluding carboxylic acids is 1. The number of halogens is 2. The summed E-state index contributed by atoms with van der Waals surface area (Å²) in [6.07, 6.45) is 4.68. The van der Waals surface area contributed by atoms with Crippen molar-refractivity contribution in [3.63, 3.8) is 0 Å². The maximum atomic E-state index is 12.1. The van der Waals surface area contributed by atoms with Crippen LogP contribution in [0.1, 0.15) is 32.6 Å². The highest BCUT2D eigenvalue weighted by Crippen LogP contribution is 2.11. The molecule has 5 nitrogen and oxygen atoms in total. The van der Waals surface area contributed by atoms with Gasteiger partial charge in [-0.2, -0.15) is 0 Å². The zero-order valence-corrected chi connectivity index (χ0v) is 14.4. The van der Waals surface area contributed by atoms with Crippen molar-refractivity contribution in [1.82, 2.24) is 15.5 Å². The molecule has 0 aromatic carbocycles. The average Bonchev–Trinajstić information content (AvgIpc) is 2.47. The average molecular weight is 342 g/mol. The summed E-state index contributed by atoms with van der Waals surface area (Å²) in [4.78, 5) is 14.6. The number of piperidine rings is 1. The van der Waals surface area contributed by atoms with Gasteiger partial charge >= 0.3 is 0 Å². The second-order valence-corrected chi connectivity index (χ2v) is 5.56. The van der Waals surface area contributed by atoms with Crippen LogP contribution >= 0.6 is 24.8 Å². The zero-order chi connectivity index (χ0) is 13.5. The van der Waals surface area contributed by atoms with E-state index in [1.165, 1.54) is 19.4 Å². The van der Waals surface area contributed by atoms with Gasteiger partial charge < -0.3 is 20.3 Å². The SMILES string of the molecule is CCCCN1CCC(NC(=O)C2COCCN2)CC1.Cl.Cl. The van der Waals surface area contributed by atoms with Crippen LogP contribution in [0.3, 0.4) is 0 Å². The van der Waals surface area contributed by atoms with Crippen LogP contribution in [0, 0.1) is 0 Å². The summed E-state index contributed by atoms with van der Waals surface area (Å²) in [5.74, 6) is 0.103. The van der Waals surface area contributed by atoms with Gasteiger partial charge in [0.1, 0.15) is 6.04 Å².